The molecule has 0 fully saturated rings. The van der Waals surface area contributed by atoms with Gasteiger partial charge in [-0.1, -0.05) is 34.6 Å². The Morgan fingerprint density at radius 2 is 2.07 bits per heavy atom. The molecule has 0 saturated carbocycles. The first kappa shape index (κ1) is 12.8. The van der Waals surface area contributed by atoms with Gasteiger partial charge in [-0.3, -0.25) is 0 Å². The topological polar surface area (TPSA) is 12.0 Å². The summed E-state index contributed by atoms with van der Waals surface area (Å²) in [6.07, 6.45) is 2.09. The van der Waals surface area contributed by atoms with Crippen LogP contribution in [0.1, 0.15) is 18.5 Å². The summed E-state index contributed by atoms with van der Waals surface area (Å²) in [4.78, 5) is 1.30. The lowest BCUT2D eigenvalue weighted by atomic mass is 10.1. The second kappa shape index (κ2) is 6.36. The molecule has 0 aliphatic carbocycles. The third kappa shape index (κ3) is 4.41. The summed E-state index contributed by atoms with van der Waals surface area (Å²) in [6, 6.07) is 9.00. The van der Waals surface area contributed by atoms with Gasteiger partial charge >= 0.3 is 0 Å². The SMILES string of the molecule is C=C(Br)CNC(C)c1ccc(SC)cc1. The minimum atomic E-state index is 0.357. The lowest BCUT2D eigenvalue weighted by Crippen LogP contribution is -2.19. The summed E-state index contributed by atoms with van der Waals surface area (Å²) >= 11 is 5.10. The van der Waals surface area contributed by atoms with Crippen molar-refractivity contribution in [3.05, 3.63) is 40.9 Å². The van der Waals surface area contributed by atoms with Crippen molar-refractivity contribution in [3.8, 4) is 0 Å². The minimum absolute atomic E-state index is 0.357. The Kier molecular flexibility index (Phi) is 5.43. The molecule has 82 valence electrons. The second-order valence-electron chi connectivity index (χ2n) is 3.39. The predicted octanol–water partition coefficient (Wildman–Crippen LogP) is 3.97. The molecule has 0 bridgehead atoms. The predicted molar refractivity (Wildman–Crippen MR) is 72.7 cm³/mol. The zero-order valence-corrected chi connectivity index (χ0v) is 11.5. The number of thioether (sulfide) groups is 1. The average Bonchev–Trinajstić information content (AvgIpc) is 2.26. The van der Waals surface area contributed by atoms with E-state index in [1.54, 1.807) is 11.8 Å². The number of hydrogen-bond donors (Lipinski definition) is 1. The molecule has 0 heterocycles. The quantitative estimate of drug-likeness (QED) is 0.822. The first-order valence-corrected chi connectivity index (χ1v) is 6.86. The van der Waals surface area contributed by atoms with Gasteiger partial charge in [-0.2, -0.15) is 0 Å². The maximum absolute atomic E-state index is 3.80. The Hall–Kier alpha value is -0.250. The van der Waals surface area contributed by atoms with E-state index in [2.05, 4.69) is 65.3 Å². The van der Waals surface area contributed by atoms with E-state index in [0.717, 1.165) is 11.0 Å². The van der Waals surface area contributed by atoms with Gasteiger partial charge in [0.25, 0.3) is 0 Å². The maximum Gasteiger partial charge on any atom is 0.0295 e. The third-order valence-electron chi connectivity index (χ3n) is 2.22. The Labute approximate surface area is 104 Å². The highest BCUT2D eigenvalue weighted by Gasteiger charge is 2.03. The van der Waals surface area contributed by atoms with Crippen LogP contribution in [0.3, 0.4) is 0 Å². The van der Waals surface area contributed by atoms with Gasteiger partial charge in [-0.05, 0) is 30.9 Å². The van der Waals surface area contributed by atoms with Crippen molar-refractivity contribution in [2.45, 2.75) is 17.9 Å². The monoisotopic (exact) mass is 285 g/mol. The summed E-state index contributed by atoms with van der Waals surface area (Å²) in [7, 11) is 0. The van der Waals surface area contributed by atoms with Crippen LogP contribution in [-0.4, -0.2) is 12.8 Å². The van der Waals surface area contributed by atoms with Crippen LogP contribution in [-0.2, 0) is 0 Å². The van der Waals surface area contributed by atoms with Crippen molar-refractivity contribution in [1.82, 2.24) is 5.32 Å². The molecule has 1 unspecified atom stereocenters. The lowest BCUT2D eigenvalue weighted by molar-refractivity contribution is 0.615. The zero-order valence-electron chi connectivity index (χ0n) is 9.09. The Bertz CT molecular complexity index is 321. The third-order valence-corrected chi connectivity index (χ3v) is 3.24. The summed E-state index contributed by atoms with van der Waals surface area (Å²) < 4.78 is 0.982. The smallest absolute Gasteiger partial charge is 0.0295 e. The van der Waals surface area contributed by atoms with Gasteiger partial charge in [0.1, 0.15) is 0 Å². The fourth-order valence-corrected chi connectivity index (χ4v) is 1.84. The largest absolute Gasteiger partial charge is 0.306 e. The molecule has 1 nitrogen and oxygen atoms in total. The highest BCUT2D eigenvalue weighted by molar-refractivity contribution is 9.11. The number of rotatable bonds is 5. The van der Waals surface area contributed by atoms with E-state index in [1.165, 1.54) is 10.5 Å². The van der Waals surface area contributed by atoms with Crippen molar-refractivity contribution >= 4 is 27.7 Å². The summed E-state index contributed by atoms with van der Waals surface area (Å²) in [5.74, 6) is 0. The van der Waals surface area contributed by atoms with Crippen molar-refractivity contribution in [1.29, 1.82) is 0 Å². The standard InChI is InChI=1S/C12H16BrNS/c1-9(13)8-14-10(2)11-4-6-12(15-3)7-5-11/h4-7,10,14H,1,8H2,2-3H3. The van der Waals surface area contributed by atoms with E-state index in [-0.39, 0.29) is 0 Å². The van der Waals surface area contributed by atoms with Crippen LogP contribution in [0, 0.1) is 0 Å². The van der Waals surface area contributed by atoms with E-state index in [0.29, 0.717) is 6.04 Å². The maximum atomic E-state index is 3.80. The van der Waals surface area contributed by atoms with Crippen LogP contribution in [0.2, 0.25) is 0 Å². The van der Waals surface area contributed by atoms with Crippen molar-refractivity contribution < 1.29 is 0 Å². The van der Waals surface area contributed by atoms with Gasteiger partial charge in [-0.15, -0.1) is 11.8 Å². The molecular formula is C12H16BrNS. The summed E-state index contributed by atoms with van der Waals surface area (Å²) in [5, 5.41) is 3.38. The van der Waals surface area contributed by atoms with E-state index in [4.69, 9.17) is 0 Å². The average molecular weight is 286 g/mol. The Balaban J connectivity index is 2.57. The molecule has 0 radical (unpaired) electrons. The number of halogens is 1. The van der Waals surface area contributed by atoms with Gasteiger partial charge in [-0.25, -0.2) is 0 Å². The molecule has 1 aromatic rings. The fourth-order valence-electron chi connectivity index (χ4n) is 1.27. The molecule has 0 aromatic heterocycles. The molecular weight excluding hydrogens is 270 g/mol. The molecule has 1 rings (SSSR count). The van der Waals surface area contributed by atoms with Gasteiger partial charge in [0.2, 0.25) is 0 Å². The first-order valence-electron chi connectivity index (χ1n) is 4.84. The summed E-state index contributed by atoms with van der Waals surface area (Å²) in [5.41, 5.74) is 1.31. The number of benzene rings is 1. The highest BCUT2D eigenvalue weighted by Crippen LogP contribution is 2.19. The van der Waals surface area contributed by atoms with E-state index in [9.17, 15) is 0 Å². The normalized spacial score (nSPS) is 12.5. The highest BCUT2D eigenvalue weighted by atomic mass is 79.9. The van der Waals surface area contributed by atoms with E-state index >= 15 is 0 Å². The van der Waals surface area contributed by atoms with Crippen LogP contribution >= 0.6 is 27.7 Å². The van der Waals surface area contributed by atoms with Crippen LogP contribution in [0.25, 0.3) is 0 Å². The Morgan fingerprint density at radius 1 is 1.47 bits per heavy atom. The van der Waals surface area contributed by atoms with Crippen LogP contribution in [0.4, 0.5) is 0 Å². The molecule has 1 N–H and O–H groups in total. The molecule has 0 aliphatic heterocycles. The molecule has 1 atom stereocenters. The second-order valence-corrected chi connectivity index (χ2v) is 5.39. The van der Waals surface area contributed by atoms with Crippen molar-refractivity contribution in [2.24, 2.45) is 0 Å². The molecule has 0 saturated heterocycles. The van der Waals surface area contributed by atoms with Gasteiger partial charge in [0.15, 0.2) is 0 Å². The number of nitrogens with one attached hydrogen (secondary N) is 1. The van der Waals surface area contributed by atoms with E-state index < -0.39 is 0 Å². The minimum Gasteiger partial charge on any atom is -0.306 e. The Morgan fingerprint density at radius 3 is 2.53 bits per heavy atom. The molecule has 0 amide bonds. The van der Waals surface area contributed by atoms with Crippen LogP contribution in [0.5, 0.6) is 0 Å². The van der Waals surface area contributed by atoms with Crippen molar-refractivity contribution in [3.63, 3.8) is 0 Å². The van der Waals surface area contributed by atoms with Gasteiger partial charge < -0.3 is 5.32 Å². The van der Waals surface area contributed by atoms with Crippen LogP contribution in [0.15, 0.2) is 40.2 Å². The fraction of sp³-hybridized carbons (Fsp3) is 0.333. The van der Waals surface area contributed by atoms with Gasteiger partial charge in [0, 0.05) is 22.0 Å². The molecule has 3 heteroatoms. The number of hydrogen-bond acceptors (Lipinski definition) is 2. The molecule has 1 aromatic carbocycles. The van der Waals surface area contributed by atoms with Crippen molar-refractivity contribution in [2.75, 3.05) is 12.8 Å². The molecule has 0 aliphatic rings. The van der Waals surface area contributed by atoms with Gasteiger partial charge in [0.05, 0.1) is 0 Å². The van der Waals surface area contributed by atoms with E-state index in [1.807, 2.05) is 0 Å². The summed E-state index contributed by atoms with van der Waals surface area (Å²) in [6.45, 7) is 6.75. The zero-order chi connectivity index (χ0) is 11.3. The van der Waals surface area contributed by atoms with Crippen LogP contribution < -0.4 is 5.32 Å². The first-order chi connectivity index (χ1) is 7.13. The lowest BCUT2D eigenvalue weighted by Gasteiger charge is -2.14. The molecule has 0 spiro atoms. The molecule has 15 heavy (non-hydrogen) atoms.